The van der Waals surface area contributed by atoms with Crippen LogP contribution in [0.15, 0.2) is 54.6 Å². The van der Waals surface area contributed by atoms with Crippen molar-refractivity contribution in [1.29, 1.82) is 5.26 Å². The van der Waals surface area contributed by atoms with Gasteiger partial charge in [-0.2, -0.15) is 10.4 Å². The van der Waals surface area contributed by atoms with Gasteiger partial charge in [-0.25, -0.2) is 14.3 Å². The van der Waals surface area contributed by atoms with Crippen molar-refractivity contribution in [3.63, 3.8) is 0 Å². The molecular weight excluding hydrogens is 422 g/mol. The molecule has 0 radical (unpaired) electrons. The van der Waals surface area contributed by atoms with Crippen LogP contribution in [0.4, 0.5) is 0 Å². The van der Waals surface area contributed by atoms with Crippen molar-refractivity contribution in [1.82, 2.24) is 9.78 Å². The minimum absolute atomic E-state index is 0.0156. The Labute approximate surface area is 192 Å². The van der Waals surface area contributed by atoms with E-state index in [1.54, 1.807) is 42.5 Å². The van der Waals surface area contributed by atoms with Crippen LogP contribution in [0.5, 0.6) is 5.75 Å². The Morgan fingerprint density at radius 3 is 2.42 bits per heavy atom. The molecule has 0 N–H and O–H groups in total. The molecule has 0 aliphatic rings. The molecule has 8 nitrogen and oxygen atoms in total. The maximum atomic E-state index is 12.7. The van der Waals surface area contributed by atoms with Gasteiger partial charge in [-0.15, -0.1) is 0 Å². The van der Waals surface area contributed by atoms with Gasteiger partial charge >= 0.3 is 11.9 Å². The quantitative estimate of drug-likeness (QED) is 0.331. The summed E-state index contributed by atoms with van der Waals surface area (Å²) in [5.41, 5.74) is 1.47. The fraction of sp³-hybridized carbons (Fsp3) is 0.280. The van der Waals surface area contributed by atoms with Gasteiger partial charge in [0.05, 0.1) is 32.6 Å². The predicted molar refractivity (Wildman–Crippen MR) is 121 cm³/mol. The van der Waals surface area contributed by atoms with Crippen LogP contribution in [-0.2, 0) is 9.47 Å². The van der Waals surface area contributed by atoms with E-state index < -0.39 is 11.9 Å². The standard InChI is InChI=1S/C25H25N3O5/c1-31-24(29)21-22(18-11-10-14-20(17-18)33-16-9-4-3-8-15-26)27-28(23(21)25(30)32-2)19-12-6-5-7-13-19/h5-7,10-14,17H,3-4,8-9,16H2,1-2H3. The minimum Gasteiger partial charge on any atom is -0.494 e. The Balaban J connectivity index is 2.00. The molecule has 0 aliphatic heterocycles. The van der Waals surface area contributed by atoms with E-state index in [2.05, 4.69) is 11.2 Å². The van der Waals surface area contributed by atoms with Crippen molar-refractivity contribution in [2.24, 2.45) is 0 Å². The molecule has 3 aromatic rings. The molecule has 8 heteroatoms. The Morgan fingerprint density at radius 1 is 0.970 bits per heavy atom. The summed E-state index contributed by atoms with van der Waals surface area (Å²) in [5, 5.41) is 13.2. The number of hydrogen-bond donors (Lipinski definition) is 0. The zero-order valence-electron chi connectivity index (χ0n) is 18.6. The van der Waals surface area contributed by atoms with Gasteiger partial charge in [0.15, 0.2) is 5.69 Å². The highest BCUT2D eigenvalue weighted by Gasteiger charge is 2.31. The van der Waals surface area contributed by atoms with Gasteiger partial charge in [-0.05, 0) is 43.5 Å². The first-order valence-electron chi connectivity index (χ1n) is 10.6. The molecule has 0 fully saturated rings. The first-order chi connectivity index (χ1) is 16.1. The number of esters is 2. The van der Waals surface area contributed by atoms with E-state index in [1.165, 1.54) is 18.9 Å². The van der Waals surface area contributed by atoms with Gasteiger partial charge in [0, 0.05) is 12.0 Å². The first kappa shape index (κ1) is 23.5. The van der Waals surface area contributed by atoms with Gasteiger partial charge < -0.3 is 14.2 Å². The monoisotopic (exact) mass is 447 g/mol. The van der Waals surface area contributed by atoms with E-state index >= 15 is 0 Å². The summed E-state index contributed by atoms with van der Waals surface area (Å²) in [6.07, 6.45) is 3.12. The van der Waals surface area contributed by atoms with Gasteiger partial charge in [0.1, 0.15) is 17.0 Å². The van der Waals surface area contributed by atoms with Crippen molar-refractivity contribution in [3.8, 4) is 28.8 Å². The molecule has 0 aliphatic carbocycles. The van der Waals surface area contributed by atoms with Gasteiger partial charge in [0.2, 0.25) is 0 Å². The van der Waals surface area contributed by atoms with Crippen molar-refractivity contribution in [2.75, 3.05) is 20.8 Å². The first-order valence-corrected chi connectivity index (χ1v) is 10.6. The number of ether oxygens (including phenoxy) is 3. The Hall–Kier alpha value is -4.12. The lowest BCUT2D eigenvalue weighted by Gasteiger charge is -2.08. The summed E-state index contributed by atoms with van der Waals surface area (Å²) in [7, 11) is 2.50. The van der Waals surface area contributed by atoms with Crippen LogP contribution in [0.25, 0.3) is 16.9 Å². The second-order valence-corrected chi connectivity index (χ2v) is 7.15. The number of methoxy groups -OCH3 is 2. The SMILES string of the molecule is COC(=O)c1c(-c2cccc(OCCCCCC#N)c2)nn(-c2ccccc2)c1C(=O)OC. The predicted octanol–water partition coefficient (Wildman–Crippen LogP) is 4.58. The molecule has 1 aromatic heterocycles. The molecular formula is C25H25N3O5. The topological polar surface area (TPSA) is 103 Å². The molecule has 0 amide bonds. The highest BCUT2D eigenvalue weighted by molar-refractivity contribution is 6.06. The molecule has 0 spiro atoms. The summed E-state index contributed by atoms with van der Waals surface area (Å²) in [4.78, 5) is 25.4. The Kier molecular flexibility index (Phi) is 8.19. The number of unbranched alkanes of at least 4 members (excludes halogenated alkanes) is 3. The fourth-order valence-corrected chi connectivity index (χ4v) is 3.36. The van der Waals surface area contributed by atoms with Crippen LogP contribution in [0.2, 0.25) is 0 Å². The molecule has 2 aromatic carbocycles. The molecule has 170 valence electrons. The number of hydrogen-bond acceptors (Lipinski definition) is 7. The third-order valence-electron chi connectivity index (χ3n) is 4.96. The molecule has 33 heavy (non-hydrogen) atoms. The average molecular weight is 447 g/mol. The third kappa shape index (κ3) is 5.57. The van der Waals surface area contributed by atoms with Crippen molar-refractivity contribution >= 4 is 11.9 Å². The lowest BCUT2D eigenvalue weighted by atomic mass is 10.1. The van der Waals surface area contributed by atoms with Crippen LogP contribution >= 0.6 is 0 Å². The van der Waals surface area contributed by atoms with Crippen LogP contribution in [0.3, 0.4) is 0 Å². The fourth-order valence-electron chi connectivity index (χ4n) is 3.36. The summed E-state index contributed by atoms with van der Waals surface area (Å²) >= 11 is 0. The molecule has 0 unspecified atom stereocenters. The zero-order chi connectivity index (χ0) is 23.6. The van der Waals surface area contributed by atoms with E-state index in [4.69, 9.17) is 19.5 Å². The highest BCUT2D eigenvalue weighted by Crippen LogP contribution is 2.31. The normalized spacial score (nSPS) is 10.3. The zero-order valence-corrected chi connectivity index (χ0v) is 18.6. The van der Waals surface area contributed by atoms with Gasteiger partial charge in [0.25, 0.3) is 0 Å². The van der Waals surface area contributed by atoms with Gasteiger partial charge in [-0.1, -0.05) is 30.3 Å². The smallest absolute Gasteiger partial charge is 0.357 e. The number of benzene rings is 2. The van der Waals surface area contributed by atoms with Crippen LogP contribution in [0, 0.1) is 11.3 Å². The number of para-hydroxylation sites is 1. The molecule has 0 saturated heterocycles. The van der Waals surface area contributed by atoms with Crippen LogP contribution < -0.4 is 4.74 Å². The summed E-state index contributed by atoms with van der Waals surface area (Å²) < 4.78 is 17.1. The number of nitriles is 1. The number of aromatic nitrogens is 2. The maximum absolute atomic E-state index is 12.7. The molecule has 0 bridgehead atoms. The van der Waals surface area contributed by atoms with Crippen molar-refractivity contribution in [3.05, 3.63) is 65.9 Å². The number of nitrogens with zero attached hydrogens (tertiary/aromatic N) is 3. The average Bonchev–Trinajstić information content (AvgIpc) is 3.26. The molecule has 0 atom stereocenters. The van der Waals surface area contributed by atoms with E-state index in [1.807, 2.05) is 12.1 Å². The number of carbonyl (C=O) groups excluding carboxylic acids is 2. The number of carbonyl (C=O) groups is 2. The van der Waals surface area contributed by atoms with Crippen LogP contribution in [-0.4, -0.2) is 42.5 Å². The molecule has 1 heterocycles. The largest absolute Gasteiger partial charge is 0.494 e. The van der Waals surface area contributed by atoms with E-state index in [9.17, 15) is 9.59 Å². The summed E-state index contributed by atoms with van der Waals surface area (Å²) in [6, 6.07) is 18.3. The third-order valence-corrected chi connectivity index (χ3v) is 4.96. The van der Waals surface area contributed by atoms with E-state index in [0.717, 1.165) is 19.3 Å². The second kappa shape index (κ2) is 11.5. The molecule has 3 rings (SSSR count). The Bertz CT molecular complexity index is 1150. The summed E-state index contributed by atoms with van der Waals surface area (Å²) in [6.45, 7) is 0.505. The Morgan fingerprint density at radius 2 is 1.73 bits per heavy atom. The van der Waals surface area contributed by atoms with E-state index in [-0.39, 0.29) is 17.0 Å². The lowest BCUT2D eigenvalue weighted by molar-refractivity contribution is 0.0549. The van der Waals surface area contributed by atoms with Crippen molar-refractivity contribution < 1.29 is 23.8 Å². The second-order valence-electron chi connectivity index (χ2n) is 7.15. The lowest BCUT2D eigenvalue weighted by Crippen LogP contribution is -2.15. The maximum Gasteiger partial charge on any atom is 0.357 e. The minimum atomic E-state index is -0.706. The van der Waals surface area contributed by atoms with E-state index in [0.29, 0.717) is 30.0 Å². The molecule has 0 saturated carbocycles. The van der Waals surface area contributed by atoms with Gasteiger partial charge in [-0.3, -0.25) is 0 Å². The van der Waals surface area contributed by atoms with Crippen LogP contribution in [0.1, 0.15) is 46.5 Å². The van der Waals surface area contributed by atoms with Crippen molar-refractivity contribution in [2.45, 2.75) is 25.7 Å². The summed E-state index contributed by atoms with van der Waals surface area (Å²) in [5.74, 6) is -0.795. The highest BCUT2D eigenvalue weighted by atomic mass is 16.5. The number of rotatable bonds is 10.